The minimum Gasteiger partial charge on any atom is -0.370 e. The van der Waals surface area contributed by atoms with Crippen molar-refractivity contribution in [2.45, 2.75) is 26.7 Å². The molecule has 0 bridgehead atoms. The summed E-state index contributed by atoms with van der Waals surface area (Å²) in [4.78, 5) is 1.57. The Kier molecular flexibility index (Phi) is 8.69. The van der Waals surface area contributed by atoms with E-state index in [1.807, 2.05) is 6.21 Å². The van der Waals surface area contributed by atoms with E-state index in [1.54, 1.807) is 4.90 Å². The number of hydrogen-bond acceptors (Lipinski definition) is 3. The van der Waals surface area contributed by atoms with E-state index in [9.17, 15) is 0 Å². The monoisotopic (exact) mass is 287 g/mol. The zero-order valence-corrected chi connectivity index (χ0v) is 12.9. The van der Waals surface area contributed by atoms with Gasteiger partial charge >= 0.3 is 0 Å². The Labute approximate surface area is 121 Å². The van der Waals surface area contributed by atoms with Crippen LogP contribution in [0.25, 0.3) is 0 Å². The van der Waals surface area contributed by atoms with Crippen molar-refractivity contribution in [3.05, 3.63) is 0 Å². The van der Waals surface area contributed by atoms with E-state index in [4.69, 9.17) is 17.0 Å². The second-order valence-electron chi connectivity index (χ2n) is 4.83. The third-order valence-electron chi connectivity index (χ3n) is 3.46. The van der Waals surface area contributed by atoms with Gasteiger partial charge in [0.25, 0.3) is 0 Å². The summed E-state index contributed by atoms with van der Waals surface area (Å²) in [5, 5.41) is 7.96. The Morgan fingerprint density at radius 3 is 2.68 bits per heavy atom. The maximum atomic E-state index is 5.33. The van der Waals surface area contributed by atoms with Crippen molar-refractivity contribution in [3.63, 3.8) is 0 Å². The molecule has 1 saturated heterocycles. The third-order valence-corrected chi connectivity index (χ3v) is 3.70. The lowest BCUT2D eigenvalue weighted by atomic mass is 10.1. The molecule has 0 amide bonds. The molecule has 5 nitrogen and oxygen atoms in total. The van der Waals surface area contributed by atoms with Crippen LogP contribution in [0.2, 0.25) is 0 Å². The van der Waals surface area contributed by atoms with E-state index < -0.39 is 0 Å². The Balaban J connectivity index is 2.07. The minimum atomic E-state index is 0.535. The topological polar surface area (TPSA) is 50.1 Å². The molecule has 1 heterocycles. The fourth-order valence-electron chi connectivity index (χ4n) is 2.00. The van der Waals surface area contributed by atoms with Gasteiger partial charge in [0.2, 0.25) is 0 Å². The first-order valence-corrected chi connectivity index (χ1v) is 7.65. The summed E-state index contributed by atoms with van der Waals surface area (Å²) in [7, 11) is 0. The molecule has 1 aliphatic rings. The fraction of sp³-hybridized carbons (Fsp3) is 0.846. The predicted molar refractivity (Wildman–Crippen MR) is 82.7 cm³/mol. The number of nitrogens with one attached hydrogen (secondary N) is 3. The SMILES string of the molecule is CCC(/C=N\NC(=S)NCC[NH+]1CCOCC1)CC. The summed E-state index contributed by atoms with van der Waals surface area (Å²) in [5.74, 6) is 0.535. The average Bonchev–Trinajstić information content (AvgIpc) is 2.45. The number of hydrogen-bond donors (Lipinski definition) is 3. The van der Waals surface area contributed by atoms with Crippen LogP contribution in [0.1, 0.15) is 26.7 Å². The standard InChI is InChI=1S/C13H26N4OS/c1-3-12(4-2)11-15-16-13(19)14-5-6-17-7-9-18-10-8-17/h11-12H,3-10H2,1-2H3,(H2,14,16,19)/p+1/b15-11-. The van der Waals surface area contributed by atoms with Crippen molar-refractivity contribution in [3.8, 4) is 0 Å². The second-order valence-corrected chi connectivity index (χ2v) is 5.24. The molecule has 19 heavy (non-hydrogen) atoms. The highest BCUT2D eigenvalue weighted by molar-refractivity contribution is 7.80. The molecule has 0 spiro atoms. The Bertz CT molecular complexity index is 276. The number of morpholine rings is 1. The molecule has 0 aliphatic carbocycles. The highest BCUT2D eigenvalue weighted by Crippen LogP contribution is 2.02. The summed E-state index contributed by atoms with van der Waals surface area (Å²) in [6, 6.07) is 0. The molecule has 1 rings (SSSR count). The number of ether oxygens (including phenoxy) is 1. The first-order valence-electron chi connectivity index (χ1n) is 7.24. The lowest BCUT2D eigenvalue weighted by molar-refractivity contribution is -0.906. The van der Waals surface area contributed by atoms with Crippen LogP contribution in [0, 0.1) is 5.92 Å². The normalized spacial score (nSPS) is 17.0. The van der Waals surface area contributed by atoms with Crippen LogP contribution in [0.3, 0.4) is 0 Å². The average molecular weight is 287 g/mol. The molecule has 0 radical (unpaired) electrons. The van der Waals surface area contributed by atoms with Gasteiger partial charge in [0.15, 0.2) is 5.11 Å². The van der Waals surface area contributed by atoms with E-state index in [-0.39, 0.29) is 0 Å². The van der Waals surface area contributed by atoms with Crippen LogP contribution in [0.4, 0.5) is 0 Å². The van der Waals surface area contributed by atoms with Gasteiger partial charge in [-0.05, 0) is 31.0 Å². The Morgan fingerprint density at radius 1 is 1.37 bits per heavy atom. The molecule has 110 valence electrons. The zero-order chi connectivity index (χ0) is 13.9. The van der Waals surface area contributed by atoms with E-state index in [2.05, 4.69) is 29.7 Å². The van der Waals surface area contributed by atoms with E-state index >= 15 is 0 Å². The molecule has 0 aromatic carbocycles. The molecule has 0 aromatic rings. The van der Waals surface area contributed by atoms with Gasteiger partial charge < -0.3 is 15.0 Å². The van der Waals surface area contributed by atoms with Crippen molar-refractivity contribution in [1.29, 1.82) is 0 Å². The van der Waals surface area contributed by atoms with Gasteiger partial charge in [-0.1, -0.05) is 13.8 Å². The zero-order valence-electron chi connectivity index (χ0n) is 12.1. The summed E-state index contributed by atoms with van der Waals surface area (Å²) < 4.78 is 5.33. The first kappa shape index (κ1) is 16.3. The minimum absolute atomic E-state index is 0.535. The molecule has 1 fully saturated rings. The van der Waals surface area contributed by atoms with Gasteiger partial charge in [-0.25, -0.2) is 0 Å². The quantitative estimate of drug-likeness (QED) is 0.344. The number of quaternary nitrogens is 1. The summed E-state index contributed by atoms with van der Waals surface area (Å²) in [6.45, 7) is 10.2. The molecule has 0 aromatic heterocycles. The number of hydrazone groups is 1. The Hall–Kier alpha value is -0.720. The molecular formula is C13H27N4OS+. The summed E-state index contributed by atoms with van der Waals surface area (Å²) >= 11 is 5.18. The fourth-order valence-corrected chi connectivity index (χ4v) is 2.16. The highest BCUT2D eigenvalue weighted by atomic mass is 32.1. The van der Waals surface area contributed by atoms with Crippen LogP contribution in [-0.4, -0.2) is 50.7 Å². The summed E-state index contributed by atoms with van der Waals surface area (Å²) in [6.07, 6.45) is 4.17. The first-order chi connectivity index (χ1) is 9.26. The predicted octanol–water partition coefficient (Wildman–Crippen LogP) is -0.212. The maximum absolute atomic E-state index is 5.33. The van der Waals surface area contributed by atoms with Crippen LogP contribution < -0.4 is 15.6 Å². The van der Waals surface area contributed by atoms with Crippen molar-refractivity contribution >= 4 is 23.5 Å². The lowest BCUT2D eigenvalue weighted by Gasteiger charge is -2.23. The molecule has 1 aliphatic heterocycles. The summed E-state index contributed by atoms with van der Waals surface area (Å²) in [5.41, 5.74) is 2.88. The third kappa shape index (κ3) is 7.44. The molecular weight excluding hydrogens is 260 g/mol. The smallest absolute Gasteiger partial charge is 0.187 e. The number of thiocarbonyl (C=S) groups is 1. The van der Waals surface area contributed by atoms with E-state index in [1.165, 1.54) is 0 Å². The lowest BCUT2D eigenvalue weighted by Crippen LogP contribution is -3.14. The van der Waals surface area contributed by atoms with Gasteiger partial charge in [0.05, 0.1) is 26.3 Å². The van der Waals surface area contributed by atoms with Gasteiger partial charge in [0.1, 0.15) is 13.1 Å². The van der Waals surface area contributed by atoms with Crippen LogP contribution in [0.15, 0.2) is 5.10 Å². The molecule has 6 heteroatoms. The number of nitrogens with zero attached hydrogens (tertiary/aromatic N) is 1. The molecule has 3 N–H and O–H groups in total. The van der Waals surface area contributed by atoms with Gasteiger partial charge in [-0.3, -0.25) is 5.43 Å². The molecule has 0 unspecified atom stereocenters. The van der Waals surface area contributed by atoms with Crippen LogP contribution in [0.5, 0.6) is 0 Å². The van der Waals surface area contributed by atoms with Crippen molar-refractivity contribution in [2.75, 3.05) is 39.4 Å². The van der Waals surface area contributed by atoms with E-state index in [0.29, 0.717) is 11.0 Å². The van der Waals surface area contributed by atoms with Crippen LogP contribution in [-0.2, 0) is 4.74 Å². The second kappa shape index (κ2) is 10.1. The maximum Gasteiger partial charge on any atom is 0.187 e. The van der Waals surface area contributed by atoms with E-state index in [0.717, 1.165) is 52.2 Å². The molecule has 0 saturated carbocycles. The van der Waals surface area contributed by atoms with Crippen molar-refractivity contribution < 1.29 is 9.64 Å². The Morgan fingerprint density at radius 2 is 2.05 bits per heavy atom. The van der Waals surface area contributed by atoms with Crippen molar-refractivity contribution in [2.24, 2.45) is 11.0 Å². The van der Waals surface area contributed by atoms with Gasteiger partial charge in [-0.2, -0.15) is 5.10 Å². The van der Waals surface area contributed by atoms with Gasteiger partial charge in [-0.15, -0.1) is 0 Å². The largest absolute Gasteiger partial charge is 0.370 e. The highest BCUT2D eigenvalue weighted by Gasteiger charge is 2.12. The molecule has 0 atom stereocenters. The van der Waals surface area contributed by atoms with Crippen LogP contribution >= 0.6 is 12.2 Å². The number of rotatable bonds is 7. The van der Waals surface area contributed by atoms with Crippen molar-refractivity contribution in [1.82, 2.24) is 10.7 Å². The van der Waals surface area contributed by atoms with Gasteiger partial charge in [0, 0.05) is 6.21 Å².